The molecule has 0 radical (unpaired) electrons. The van der Waals surface area contributed by atoms with Gasteiger partial charge in [0.1, 0.15) is 5.78 Å². The molecular formula is C27H54N2O. The molecule has 0 saturated carbocycles. The molecule has 0 aromatic heterocycles. The van der Waals surface area contributed by atoms with E-state index in [1.165, 1.54) is 89.9 Å². The van der Waals surface area contributed by atoms with E-state index in [0.717, 1.165) is 25.7 Å². The Morgan fingerprint density at radius 2 is 1.03 bits per heavy atom. The Morgan fingerprint density at radius 3 is 1.40 bits per heavy atom. The lowest BCUT2D eigenvalue weighted by atomic mass is 9.73. The van der Waals surface area contributed by atoms with Gasteiger partial charge in [-0.2, -0.15) is 0 Å². The minimum absolute atomic E-state index is 0.100. The van der Waals surface area contributed by atoms with Crippen molar-refractivity contribution in [1.29, 1.82) is 0 Å². The van der Waals surface area contributed by atoms with Gasteiger partial charge in [0.2, 0.25) is 0 Å². The van der Waals surface area contributed by atoms with Crippen molar-refractivity contribution < 1.29 is 4.79 Å². The van der Waals surface area contributed by atoms with Crippen LogP contribution in [0.5, 0.6) is 0 Å². The van der Waals surface area contributed by atoms with Gasteiger partial charge in [0.05, 0.1) is 0 Å². The smallest absolute Gasteiger partial charge is 0.136 e. The van der Waals surface area contributed by atoms with Crippen molar-refractivity contribution in [3.05, 3.63) is 0 Å². The summed E-state index contributed by atoms with van der Waals surface area (Å²) in [6.07, 6.45) is 23.1. The molecule has 0 atom stereocenters. The van der Waals surface area contributed by atoms with Gasteiger partial charge in [0.25, 0.3) is 0 Å². The zero-order chi connectivity index (χ0) is 22.5. The summed E-state index contributed by atoms with van der Waals surface area (Å²) in [6, 6.07) is 0. The number of hydrogen-bond acceptors (Lipinski definition) is 3. The number of nitrogens with zero attached hydrogens (tertiary/aromatic N) is 1. The van der Waals surface area contributed by atoms with Crippen molar-refractivity contribution in [3.63, 3.8) is 0 Å². The van der Waals surface area contributed by atoms with Gasteiger partial charge in [-0.25, -0.2) is 5.01 Å². The molecule has 30 heavy (non-hydrogen) atoms. The SMILES string of the molecule is CCCCCCCCCCCCCCCCCC(=O)C1CC(C)(C)N(N)C(C)(C)C1. The molecule has 0 amide bonds. The molecule has 178 valence electrons. The summed E-state index contributed by atoms with van der Waals surface area (Å²) in [5, 5.41) is 1.97. The molecule has 1 aliphatic rings. The Morgan fingerprint density at radius 1 is 0.700 bits per heavy atom. The Balaban J connectivity index is 1.97. The molecule has 0 aromatic rings. The number of carbonyl (C=O) groups excluding carboxylic acids is 1. The fourth-order valence-electron chi connectivity index (χ4n) is 5.40. The van der Waals surface area contributed by atoms with Gasteiger partial charge in [-0.1, -0.05) is 96.8 Å². The average molecular weight is 423 g/mol. The Bertz CT molecular complexity index is 440. The standard InChI is InChI=1S/C27H54N2O/c1-6-7-8-9-10-11-12-13-14-15-16-17-18-19-20-21-25(30)24-22-26(2,3)29(28)27(4,5)23-24/h24H,6-23,28H2,1-5H3. The van der Waals surface area contributed by atoms with Gasteiger partial charge < -0.3 is 0 Å². The fourth-order valence-corrected chi connectivity index (χ4v) is 5.40. The second-order valence-electron chi connectivity index (χ2n) is 11.3. The van der Waals surface area contributed by atoms with E-state index < -0.39 is 0 Å². The summed E-state index contributed by atoms with van der Waals surface area (Å²) in [4.78, 5) is 12.8. The minimum atomic E-state index is -0.100. The number of rotatable bonds is 17. The molecule has 1 aliphatic heterocycles. The monoisotopic (exact) mass is 422 g/mol. The van der Waals surface area contributed by atoms with E-state index in [2.05, 4.69) is 34.6 Å². The van der Waals surface area contributed by atoms with Crippen molar-refractivity contribution in [2.75, 3.05) is 0 Å². The molecule has 3 heteroatoms. The van der Waals surface area contributed by atoms with E-state index in [1.54, 1.807) is 0 Å². The number of ketones is 1. The van der Waals surface area contributed by atoms with E-state index in [0.29, 0.717) is 5.78 Å². The number of hydrazine groups is 1. The van der Waals surface area contributed by atoms with Crippen LogP contribution in [0.1, 0.15) is 150 Å². The van der Waals surface area contributed by atoms with Crippen molar-refractivity contribution in [2.24, 2.45) is 11.8 Å². The Kier molecular flexibility index (Phi) is 13.5. The number of nitrogens with two attached hydrogens (primary N) is 1. The maximum absolute atomic E-state index is 12.8. The quantitative estimate of drug-likeness (QED) is 0.191. The van der Waals surface area contributed by atoms with Crippen LogP contribution in [0.3, 0.4) is 0 Å². The lowest BCUT2D eigenvalue weighted by Gasteiger charge is -2.52. The predicted octanol–water partition coefficient (Wildman–Crippen LogP) is 7.96. The van der Waals surface area contributed by atoms with E-state index in [4.69, 9.17) is 5.84 Å². The summed E-state index contributed by atoms with van der Waals surface area (Å²) < 4.78 is 0. The highest BCUT2D eigenvalue weighted by Crippen LogP contribution is 2.39. The van der Waals surface area contributed by atoms with Crippen LogP contribution in [0.25, 0.3) is 0 Å². The van der Waals surface area contributed by atoms with E-state index in [1.807, 2.05) is 5.01 Å². The first kappa shape index (κ1) is 27.6. The topological polar surface area (TPSA) is 46.3 Å². The molecule has 1 fully saturated rings. The van der Waals surface area contributed by atoms with Crippen molar-refractivity contribution >= 4 is 5.78 Å². The number of piperidine rings is 1. The molecular weight excluding hydrogens is 368 g/mol. The van der Waals surface area contributed by atoms with Crippen LogP contribution in [0.15, 0.2) is 0 Å². The van der Waals surface area contributed by atoms with Gasteiger partial charge in [0, 0.05) is 23.4 Å². The lowest BCUT2D eigenvalue weighted by molar-refractivity contribution is -0.131. The highest BCUT2D eigenvalue weighted by Gasteiger charge is 2.45. The Labute approximate surface area is 188 Å². The first-order chi connectivity index (χ1) is 14.2. The molecule has 0 unspecified atom stereocenters. The van der Waals surface area contributed by atoms with E-state index in [-0.39, 0.29) is 17.0 Å². The second kappa shape index (κ2) is 14.6. The molecule has 1 heterocycles. The van der Waals surface area contributed by atoms with Crippen LogP contribution < -0.4 is 5.84 Å². The average Bonchev–Trinajstić information content (AvgIpc) is 2.68. The Hall–Kier alpha value is -0.410. The van der Waals surface area contributed by atoms with Gasteiger partial charge >= 0.3 is 0 Å². The number of hydrogen-bond donors (Lipinski definition) is 1. The second-order valence-corrected chi connectivity index (χ2v) is 11.3. The zero-order valence-corrected chi connectivity index (χ0v) is 21.2. The molecule has 3 nitrogen and oxygen atoms in total. The molecule has 0 bridgehead atoms. The molecule has 1 saturated heterocycles. The molecule has 2 N–H and O–H groups in total. The third kappa shape index (κ3) is 10.8. The van der Waals surface area contributed by atoms with E-state index in [9.17, 15) is 4.79 Å². The number of carbonyl (C=O) groups is 1. The van der Waals surface area contributed by atoms with Crippen LogP contribution in [-0.4, -0.2) is 21.9 Å². The summed E-state index contributed by atoms with van der Waals surface area (Å²) in [5.74, 6) is 6.96. The van der Waals surface area contributed by atoms with Crippen molar-refractivity contribution in [3.8, 4) is 0 Å². The summed E-state index contributed by atoms with van der Waals surface area (Å²) in [7, 11) is 0. The first-order valence-electron chi connectivity index (χ1n) is 13.3. The summed E-state index contributed by atoms with van der Waals surface area (Å²) in [6.45, 7) is 11.0. The fraction of sp³-hybridized carbons (Fsp3) is 0.963. The number of Topliss-reactive ketones (excluding diaryl/α,β-unsaturated/α-hetero) is 1. The van der Waals surface area contributed by atoms with Gasteiger partial charge in [-0.3, -0.25) is 10.6 Å². The third-order valence-corrected chi connectivity index (χ3v) is 7.28. The maximum atomic E-state index is 12.8. The number of unbranched alkanes of at least 4 members (excludes halogenated alkanes) is 14. The molecule has 1 rings (SSSR count). The van der Waals surface area contributed by atoms with Gasteiger partial charge in [-0.15, -0.1) is 0 Å². The molecule has 0 aromatic carbocycles. The van der Waals surface area contributed by atoms with Crippen molar-refractivity contribution in [2.45, 2.75) is 161 Å². The summed E-state index contributed by atoms with van der Waals surface area (Å²) >= 11 is 0. The zero-order valence-electron chi connectivity index (χ0n) is 21.2. The highest BCUT2D eigenvalue weighted by atomic mass is 16.1. The first-order valence-corrected chi connectivity index (χ1v) is 13.3. The summed E-state index contributed by atoms with van der Waals surface area (Å²) in [5.41, 5.74) is -0.200. The van der Waals surface area contributed by atoms with Crippen LogP contribution in [0.4, 0.5) is 0 Å². The molecule has 0 aliphatic carbocycles. The normalized spacial score (nSPS) is 19.3. The van der Waals surface area contributed by atoms with Crippen LogP contribution in [-0.2, 0) is 4.79 Å². The van der Waals surface area contributed by atoms with Crippen LogP contribution >= 0.6 is 0 Å². The minimum Gasteiger partial charge on any atom is -0.299 e. The van der Waals surface area contributed by atoms with E-state index >= 15 is 0 Å². The third-order valence-electron chi connectivity index (χ3n) is 7.28. The van der Waals surface area contributed by atoms with Gasteiger partial charge in [0.15, 0.2) is 0 Å². The van der Waals surface area contributed by atoms with Crippen molar-refractivity contribution in [1.82, 2.24) is 5.01 Å². The molecule has 0 spiro atoms. The predicted molar refractivity (Wildman–Crippen MR) is 131 cm³/mol. The maximum Gasteiger partial charge on any atom is 0.136 e. The lowest BCUT2D eigenvalue weighted by Crippen LogP contribution is -2.64. The van der Waals surface area contributed by atoms with Crippen LogP contribution in [0, 0.1) is 5.92 Å². The largest absolute Gasteiger partial charge is 0.299 e. The highest BCUT2D eigenvalue weighted by molar-refractivity contribution is 5.81. The van der Waals surface area contributed by atoms with Crippen LogP contribution in [0.2, 0.25) is 0 Å². The van der Waals surface area contributed by atoms with Gasteiger partial charge in [-0.05, 0) is 47.0 Å².